The Morgan fingerprint density at radius 3 is 1.62 bits per heavy atom. The van der Waals surface area contributed by atoms with Gasteiger partial charge in [0.05, 0.1) is 26.4 Å². The van der Waals surface area contributed by atoms with Gasteiger partial charge in [0.25, 0.3) is 0 Å². The molecule has 1 aliphatic rings. The largest absolute Gasteiger partial charge is 0.374 e. The minimum atomic E-state index is -1.16. The van der Waals surface area contributed by atoms with Crippen LogP contribution in [0.15, 0.2) is 91.0 Å². The molecular weight excluding hydrogens is 432 g/mol. The summed E-state index contributed by atoms with van der Waals surface area (Å²) in [6.45, 7) is 1.42. The predicted octanol–water partition coefficient (Wildman–Crippen LogP) is 4.11. The van der Waals surface area contributed by atoms with Gasteiger partial charge in [-0.3, -0.25) is 0 Å². The lowest BCUT2D eigenvalue weighted by molar-refractivity contribution is -0.311. The van der Waals surface area contributed by atoms with Gasteiger partial charge in [0, 0.05) is 7.11 Å². The fourth-order valence-electron chi connectivity index (χ4n) is 4.07. The smallest absolute Gasteiger partial charge is 0.184 e. The molecule has 0 amide bonds. The van der Waals surface area contributed by atoms with E-state index in [1.807, 2.05) is 91.0 Å². The molecule has 180 valence electrons. The van der Waals surface area contributed by atoms with E-state index in [0.717, 1.165) is 16.7 Å². The van der Waals surface area contributed by atoms with Crippen molar-refractivity contribution in [3.8, 4) is 0 Å². The van der Waals surface area contributed by atoms with Crippen molar-refractivity contribution in [2.45, 2.75) is 50.5 Å². The van der Waals surface area contributed by atoms with Crippen LogP contribution in [0.5, 0.6) is 0 Å². The maximum atomic E-state index is 10.7. The number of aliphatic hydroxyl groups is 1. The van der Waals surface area contributed by atoms with Crippen LogP contribution in [0.1, 0.15) is 16.7 Å². The van der Waals surface area contributed by atoms with Crippen molar-refractivity contribution < 1.29 is 28.8 Å². The van der Waals surface area contributed by atoms with E-state index in [-0.39, 0.29) is 6.61 Å². The molecule has 1 N–H and O–H groups in total. The summed E-state index contributed by atoms with van der Waals surface area (Å²) < 4.78 is 30.1. The topological polar surface area (TPSA) is 66.4 Å². The summed E-state index contributed by atoms with van der Waals surface area (Å²) in [5.41, 5.74) is 3.12. The zero-order valence-corrected chi connectivity index (χ0v) is 19.4. The molecule has 1 aliphatic heterocycles. The van der Waals surface area contributed by atoms with Gasteiger partial charge in [-0.05, 0) is 16.7 Å². The standard InChI is InChI=1S/C28H32O6/c1-30-27-26(33-19-23-15-9-4-10-16-23)25(32-18-22-13-7-3-8-14-22)24(34-28(27)29)20-31-17-21-11-5-2-6-12-21/h2-16,24-29H,17-20H2,1H3/t24?,25-,26?,27?,28+/m1/s1. The number of aliphatic hydroxyl groups excluding tert-OH is 1. The first kappa shape index (κ1) is 24.5. The van der Waals surface area contributed by atoms with Crippen molar-refractivity contribution >= 4 is 0 Å². The second-order valence-corrected chi connectivity index (χ2v) is 8.29. The molecule has 1 fully saturated rings. The Kier molecular flexibility index (Phi) is 9.21. The Morgan fingerprint density at radius 1 is 0.647 bits per heavy atom. The van der Waals surface area contributed by atoms with Gasteiger partial charge >= 0.3 is 0 Å². The van der Waals surface area contributed by atoms with Gasteiger partial charge in [-0.2, -0.15) is 0 Å². The normalized spacial score (nSPS) is 24.7. The van der Waals surface area contributed by atoms with Gasteiger partial charge in [-0.15, -0.1) is 0 Å². The molecule has 34 heavy (non-hydrogen) atoms. The average Bonchev–Trinajstić information content (AvgIpc) is 2.88. The van der Waals surface area contributed by atoms with Crippen molar-refractivity contribution in [1.82, 2.24) is 0 Å². The third-order valence-electron chi connectivity index (χ3n) is 5.85. The Bertz CT molecular complexity index is 952. The first-order chi connectivity index (χ1) is 16.7. The predicted molar refractivity (Wildman–Crippen MR) is 128 cm³/mol. The maximum absolute atomic E-state index is 10.7. The molecule has 5 atom stereocenters. The Morgan fingerprint density at radius 2 is 1.12 bits per heavy atom. The van der Waals surface area contributed by atoms with E-state index in [1.54, 1.807) is 0 Å². The molecule has 6 nitrogen and oxygen atoms in total. The first-order valence-corrected chi connectivity index (χ1v) is 11.5. The molecule has 1 heterocycles. The molecule has 0 aliphatic carbocycles. The highest BCUT2D eigenvalue weighted by molar-refractivity contribution is 5.15. The molecule has 4 rings (SSSR count). The van der Waals surface area contributed by atoms with Crippen molar-refractivity contribution in [2.24, 2.45) is 0 Å². The third kappa shape index (κ3) is 6.73. The van der Waals surface area contributed by atoms with E-state index >= 15 is 0 Å². The second-order valence-electron chi connectivity index (χ2n) is 8.29. The Balaban J connectivity index is 1.49. The van der Waals surface area contributed by atoms with Gasteiger partial charge in [-0.1, -0.05) is 91.0 Å². The molecule has 0 bridgehead atoms. The van der Waals surface area contributed by atoms with Crippen molar-refractivity contribution in [3.05, 3.63) is 108 Å². The van der Waals surface area contributed by atoms with Crippen LogP contribution in [-0.4, -0.2) is 49.5 Å². The highest BCUT2D eigenvalue weighted by Crippen LogP contribution is 2.29. The summed E-state index contributed by atoms with van der Waals surface area (Å²) in [5.74, 6) is 0. The van der Waals surface area contributed by atoms with Crippen LogP contribution >= 0.6 is 0 Å². The lowest BCUT2D eigenvalue weighted by Gasteiger charge is -2.44. The zero-order chi connectivity index (χ0) is 23.6. The Labute approximate surface area is 201 Å². The molecule has 6 heteroatoms. The van der Waals surface area contributed by atoms with E-state index in [1.165, 1.54) is 7.11 Å². The molecule has 3 aromatic rings. The molecule has 0 spiro atoms. The van der Waals surface area contributed by atoms with E-state index in [4.69, 9.17) is 23.7 Å². The van der Waals surface area contributed by atoms with Gasteiger partial charge in [0.2, 0.25) is 0 Å². The lowest BCUT2D eigenvalue weighted by Crippen LogP contribution is -2.61. The van der Waals surface area contributed by atoms with Gasteiger partial charge < -0.3 is 28.8 Å². The first-order valence-electron chi connectivity index (χ1n) is 11.5. The van der Waals surface area contributed by atoms with Gasteiger partial charge in [-0.25, -0.2) is 0 Å². The molecule has 1 saturated heterocycles. The van der Waals surface area contributed by atoms with Crippen LogP contribution in [-0.2, 0) is 43.5 Å². The molecule has 0 radical (unpaired) electrons. The summed E-state index contributed by atoms with van der Waals surface area (Å²) in [5, 5.41) is 10.7. The number of hydrogen-bond acceptors (Lipinski definition) is 6. The summed E-state index contributed by atoms with van der Waals surface area (Å²) in [6.07, 6.45) is -3.45. The molecule has 0 saturated carbocycles. The van der Waals surface area contributed by atoms with E-state index in [2.05, 4.69) is 0 Å². The lowest BCUT2D eigenvalue weighted by atomic mass is 9.98. The van der Waals surface area contributed by atoms with Crippen LogP contribution in [0, 0.1) is 0 Å². The number of hydrogen-bond donors (Lipinski definition) is 1. The average molecular weight is 465 g/mol. The van der Waals surface area contributed by atoms with Gasteiger partial charge in [0.15, 0.2) is 6.29 Å². The number of benzene rings is 3. The van der Waals surface area contributed by atoms with Crippen LogP contribution in [0.25, 0.3) is 0 Å². The highest BCUT2D eigenvalue weighted by Gasteiger charge is 2.47. The van der Waals surface area contributed by atoms with Crippen LogP contribution in [0.2, 0.25) is 0 Å². The number of methoxy groups -OCH3 is 1. The van der Waals surface area contributed by atoms with Crippen molar-refractivity contribution in [1.29, 1.82) is 0 Å². The van der Waals surface area contributed by atoms with Gasteiger partial charge in [0.1, 0.15) is 24.4 Å². The van der Waals surface area contributed by atoms with Crippen LogP contribution in [0.4, 0.5) is 0 Å². The Hall–Kier alpha value is -2.58. The molecule has 0 aromatic heterocycles. The molecular formula is C28H32O6. The van der Waals surface area contributed by atoms with E-state index in [9.17, 15) is 5.11 Å². The monoisotopic (exact) mass is 464 g/mol. The summed E-state index contributed by atoms with van der Waals surface area (Å²) >= 11 is 0. The second kappa shape index (κ2) is 12.8. The minimum absolute atomic E-state index is 0.243. The summed E-state index contributed by atoms with van der Waals surface area (Å²) in [7, 11) is 1.54. The fraction of sp³-hybridized carbons (Fsp3) is 0.357. The number of ether oxygens (including phenoxy) is 5. The molecule has 3 unspecified atom stereocenters. The molecule has 3 aromatic carbocycles. The van der Waals surface area contributed by atoms with Crippen molar-refractivity contribution in [2.75, 3.05) is 13.7 Å². The zero-order valence-electron chi connectivity index (χ0n) is 19.4. The quantitative estimate of drug-likeness (QED) is 0.461. The minimum Gasteiger partial charge on any atom is -0.374 e. The SMILES string of the molecule is COC1C(OCc2ccccc2)[C@H](OCc2ccccc2)C(COCc2ccccc2)O[C@@H]1O. The van der Waals surface area contributed by atoms with E-state index < -0.39 is 30.7 Å². The number of rotatable bonds is 11. The van der Waals surface area contributed by atoms with Crippen molar-refractivity contribution in [3.63, 3.8) is 0 Å². The van der Waals surface area contributed by atoms with Crippen LogP contribution < -0.4 is 0 Å². The van der Waals surface area contributed by atoms with Crippen LogP contribution in [0.3, 0.4) is 0 Å². The van der Waals surface area contributed by atoms with E-state index in [0.29, 0.717) is 19.8 Å². The summed E-state index contributed by atoms with van der Waals surface area (Å²) in [4.78, 5) is 0. The fourth-order valence-corrected chi connectivity index (χ4v) is 4.07. The third-order valence-corrected chi connectivity index (χ3v) is 5.85. The maximum Gasteiger partial charge on any atom is 0.184 e. The highest BCUT2D eigenvalue weighted by atomic mass is 16.7. The summed E-state index contributed by atoms with van der Waals surface area (Å²) in [6, 6.07) is 29.8.